The predicted octanol–water partition coefficient (Wildman–Crippen LogP) is 3.97. The first kappa shape index (κ1) is 21.2. The number of nitrogens with zero attached hydrogens (tertiary/aromatic N) is 4. The standard InChI is InChI=1S/C23H21BrClN5O2/c1-11-13-5-4-6-14(13)17(22(31)26-11)10-30-8-7-15-18(24)9-16(20(25)19(15)23(30)32)21-12(2)27-28-29(21)3/h4-5,9H,6-8,10H2,1-3H3,(H,26,31). The Hall–Kier alpha value is -2.71. The third-order valence-corrected chi connectivity index (χ3v) is 7.42. The van der Waals surface area contributed by atoms with Gasteiger partial charge in [-0.1, -0.05) is 44.9 Å². The van der Waals surface area contributed by atoms with Crippen molar-refractivity contribution in [3.8, 4) is 11.3 Å². The van der Waals surface area contributed by atoms with Gasteiger partial charge >= 0.3 is 0 Å². The number of aryl methyl sites for hydroxylation is 3. The van der Waals surface area contributed by atoms with Crippen LogP contribution in [0.15, 0.2) is 21.4 Å². The van der Waals surface area contributed by atoms with Crippen LogP contribution in [0, 0.1) is 13.8 Å². The van der Waals surface area contributed by atoms with Crippen molar-refractivity contribution in [3.63, 3.8) is 0 Å². The molecule has 7 nitrogen and oxygen atoms in total. The Morgan fingerprint density at radius 2 is 2.03 bits per heavy atom. The van der Waals surface area contributed by atoms with Crippen LogP contribution in [0.2, 0.25) is 5.02 Å². The summed E-state index contributed by atoms with van der Waals surface area (Å²) in [5, 5.41) is 8.57. The molecule has 5 rings (SSSR count). The fourth-order valence-electron chi connectivity index (χ4n) is 4.74. The highest BCUT2D eigenvalue weighted by Gasteiger charge is 2.32. The molecule has 9 heteroatoms. The molecule has 2 aliphatic rings. The smallest absolute Gasteiger partial charge is 0.256 e. The number of H-pyrrole nitrogens is 1. The lowest BCUT2D eigenvalue weighted by Gasteiger charge is -2.31. The van der Waals surface area contributed by atoms with E-state index < -0.39 is 0 Å². The van der Waals surface area contributed by atoms with Crippen LogP contribution in [0.5, 0.6) is 0 Å². The van der Waals surface area contributed by atoms with Crippen molar-refractivity contribution in [2.24, 2.45) is 7.05 Å². The topological polar surface area (TPSA) is 83.9 Å². The van der Waals surface area contributed by atoms with Crippen LogP contribution in [-0.2, 0) is 26.4 Å². The summed E-state index contributed by atoms with van der Waals surface area (Å²) in [6.07, 6.45) is 5.43. The average molecular weight is 515 g/mol. The number of hydrogen-bond acceptors (Lipinski definition) is 4. The van der Waals surface area contributed by atoms with Crippen molar-refractivity contribution in [3.05, 3.63) is 71.2 Å². The van der Waals surface area contributed by atoms with Crippen molar-refractivity contribution in [2.45, 2.75) is 33.2 Å². The van der Waals surface area contributed by atoms with E-state index in [1.165, 1.54) is 0 Å². The Morgan fingerprint density at radius 3 is 2.75 bits per heavy atom. The van der Waals surface area contributed by atoms with Crippen molar-refractivity contribution >= 4 is 39.5 Å². The van der Waals surface area contributed by atoms with E-state index in [0.717, 1.165) is 38.2 Å². The van der Waals surface area contributed by atoms with Crippen molar-refractivity contribution in [2.75, 3.05) is 6.54 Å². The molecule has 2 aromatic heterocycles. The Morgan fingerprint density at radius 1 is 1.25 bits per heavy atom. The number of halogens is 2. The second-order valence-corrected chi connectivity index (χ2v) is 9.49. The van der Waals surface area contributed by atoms with Crippen molar-refractivity contribution in [1.29, 1.82) is 0 Å². The summed E-state index contributed by atoms with van der Waals surface area (Å²) in [5.74, 6) is -0.175. The van der Waals surface area contributed by atoms with E-state index in [4.69, 9.17) is 11.6 Å². The van der Waals surface area contributed by atoms with Gasteiger partial charge in [-0.3, -0.25) is 9.59 Å². The minimum atomic E-state index is -0.175. The summed E-state index contributed by atoms with van der Waals surface area (Å²) in [7, 11) is 1.80. The van der Waals surface area contributed by atoms with E-state index in [1.807, 2.05) is 32.1 Å². The molecular formula is C23H21BrClN5O2. The van der Waals surface area contributed by atoms with E-state index in [-0.39, 0.29) is 18.0 Å². The first-order valence-electron chi connectivity index (χ1n) is 10.4. The van der Waals surface area contributed by atoms with E-state index in [0.29, 0.717) is 41.1 Å². The zero-order valence-corrected chi connectivity index (χ0v) is 20.3. The summed E-state index contributed by atoms with van der Waals surface area (Å²) in [5.41, 5.74) is 6.97. The maximum absolute atomic E-state index is 13.6. The average Bonchev–Trinajstić information content (AvgIpc) is 3.36. The molecule has 0 atom stereocenters. The Labute approximate surface area is 198 Å². The Bertz CT molecular complexity index is 1370. The number of fused-ring (bicyclic) bond motifs is 2. The molecule has 1 aliphatic carbocycles. The maximum Gasteiger partial charge on any atom is 0.256 e. The third kappa shape index (κ3) is 3.16. The van der Waals surface area contributed by atoms with Crippen LogP contribution < -0.4 is 5.56 Å². The van der Waals surface area contributed by atoms with Crippen LogP contribution >= 0.6 is 27.5 Å². The molecule has 1 amide bonds. The van der Waals surface area contributed by atoms with Gasteiger partial charge in [0.1, 0.15) is 0 Å². The number of carbonyl (C=O) groups is 1. The number of rotatable bonds is 3. The van der Waals surface area contributed by atoms with E-state index in [2.05, 4.69) is 31.2 Å². The normalized spacial score (nSPS) is 14.8. The molecule has 0 saturated heterocycles. The summed E-state index contributed by atoms with van der Waals surface area (Å²) in [4.78, 5) is 31.0. The zero-order valence-electron chi connectivity index (χ0n) is 17.9. The minimum Gasteiger partial charge on any atom is -0.334 e. The molecule has 0 unspecified atom stereocenters. The number of allylic oxidation sites excluding steroid dienone is 1. The van der Waals surface area contributed by atoms with Gasteiger partial charge in [0.05, 0.1) is 28.5 Å². The molecule has 1 N–H and O–H groups in total. The number of aromatic nitrogens is 4. The Kier molecular flexibility index (Phi) is 5.09. The molecule has 1 aromatic carbocycles. The second-order valence-electron chi connectivity index (χ2n) is 8.25. The highest BCUT2D eigenvalue weighted by molar-refractivity contribution is 9.10. The van der Waals surface area contributed by atoms with Gasteiger partial charge in [-0.15, -0.1) is 5.10 Å². The summed E-state index contributed by atoms with van der Waals surface area (Å²) in [6.45, 7) is 4.53. The molecule has 0 fully saturated rings. The number of hydrogen-bond donors (Lipinski definition) is 1. The van der Waals surface area contributed by atoms with Crippen LogP contribution in [-0.4, -0.2) is 37.3 Å². The molecule has 32 heavy (non-hydrogen) atoms. The van der Waals surface area contributed by atoms with E-state index in [9.17, 15) is 9.59 Å². The van der Waals surface area contributed by atoms with Crippen molar-refractivity contribution in [1.82, 2.24) is 24.9 Å². The lowest BCUT2D eigenvalue weighted by molar-refractivity contribution is 0.0726. The van der Waals surface area contributed by atoms with Gasteiger partial charge in [0.2, 0.25) is 0 Å². The second kappa shape index (κ2) is 7.71. The lowest BCUT2D eigenvalue weighted by atomic mass is 9.94. The lowest BCUT2D eigenvalue weighted by Crippen LogP contribution is -2.39. The van der Waals surface area contributed by atoms with Crippen LogP contribution in [0.4, 0.5) is 0 Å². The molecule has 164 valence electrons. The van der Waals surface area contributed by atoms with Gasteiger partial charge in [-0.05, 0) is 49.4 Å². The highest BCUT2D eigenvalue weighted by Crippen LogP contribution is 2.40. The summed E-state index contributed by atoms with van der Waals surface area (Å²) < 4.78 is 2.49. The van der Waals surface area contributed by atoms with Gasteiger partial charge in [-0.2, -0.15) is 0 Å². The molecule has 3 heterocycles. The van der Waals surface area contributed by atoms with Crippen LogP contribution in [0.25, 0.3) is 17.3 Å². The fraction of sp³-hybridized carbons (Fsp3) is 0.304. The number of nitrogens with one attached hydrogen (secondary N) is 1. The predicted molar refractivity (Wildman–Crippen MR) is 127 cm³/mol. The maximum atomic E-state index is 13.6. The van der Waals surface area contributed by atoms with Crippen molar-refractivity contribution < 1.29 is 4.79 Å². The molecule has 0 radical (unpaired) electrons. The number of aromatic amines is 1. The van der Waals surface area contributed by atoms with Gasteiger partial charge in [0, 0.05) is 34.9 Å². The first-order chi connectivity index (χ1) is 15.3. The van der Waals surface area contributed by atoms with Gasteiger partial charge < -0.3 is 9.88 Å². The molecule has 0 spiro atoms. The highest BCUT2D eigenvalue weighted by atomic mass is 79.9. The van der Waals surface area contributed by atoms with Gasteiger partial charge in [-0.25, -0.2) is 4.68 Å². The van der Waals surface area contributed by atoms with Crippen LogP contribution in [0.1, 0.15) is 44.0 Å². The monoisotopic (exact) mass is 513 g/mol. The Balaban J connectivity index is 1.58. The quantitative estimate of drug-likeness (QED) is 0.573. The molecular weight excluding hydrogens is 494 g/mol. The minimum absolute atomic E-state index is 0.138. The van der Waals surface area contributed by atoms with Crippen LogP contribution in [0.3, 0.4) is 0 Å². The summed E-state index contributed by atoms with van der Waals surface area (Å²) in [6, 6.07) is 1.93. The molecule has 0 bridgehead atoms. The molecule has 1 aliphatic heterocycles. The van der Waals surface area contributed by atoms with E-state index in [1.54, 1.807) is 16.6 Å². The fourth-order valence-corrected chi connectivity index (χ4v) is 5.71. The third-order valence-electron chi connectivity index (χ3n) is 6.32. The summed E-state index contributed by atoms with van der Waals surface area (Å²) >= 11 is 10.5. The van der Waals surface area contributed by atoms with Gasteiger partial charge in [0.25, 0.3) is 11.5 Å². The number of pyridine rings is 1. The molecule has 3 aromatic rings. The number of benzene rings is 1. The zero-order chi connectivity index (χ0) is 22.7. The van der Waals surface area contributed by atoms with E-state index >= 15 is 0 Å². The largest absolute Gasteiger partial charge is 0.334 e. The van der Waals surface area contributed by atoms with Gasteiger partial charge in [0.15, 0.2) is 0 Å². The number of carbonyl (C=O) groups excluding carboxylic acids is 1. The SMILES string of the molecule is Cc1nnn(C)c1-c1cc(Br)c2c(c1Cl)C(=O)N(Cc1c3c(c(C)[nH]c1=O)C=CC3)CC2. The first-order valence-corrected chi connectivity index (χ1v) is 11.5. The number of amides is 1. The molecule has 0 saturated carbocycles.